The minimum Gasteiger partial charge on any atom is -0.368 e. The molecule has 0 saturated carbocycles. The number of carbonyl (C=O) groups excluding carboxylic acids is 1. The summed E-state index contributed by atoms with van der Waals surface area (Å²) in [6.07, 6.45) is -2.07. The smallest absolute Gasteiger partial charge is 0.368 e. The van der Waals surface area contributed by atoms with Crippen molar-refractivity contribution in [1.82, 2.24) is 30.0 Å². The van der Waals surface area contributed by atoms with E-state index in [1.165, 1.54) is 4.90 Å². The second kappa shape index (κ2) is 8.67. The maximum absolute atomic E-state index is 14.5. The van der Waals surface area contributed by atoms with Crippen LogP contribution in [0.15, 0.2) is 6.20 Å². The molecule has 10 nitrogen and oxygen atoms in total. The first-order valence-electron chi connectivity index (χ1n) is 9.30. The third-order valence-corrected chi connectivity index (χ3v) is 4.36. The fourth-order valence-corrected chi connectivity index (χ4v) is 3.03. The van der Waals surface area contributed by atoms with Crippen molar-refractivity contribution in [2.45, 2.75) is 38.4 Å². The van der Waals surface area contributed by atoms with E-state index in [0.29, 0.717) is 13.0 Å². The molecule has 0 aliphatic carbocycles. The number of rotatable bonds is 7. The maximum Gasteiger partial charge on any atom is 0.405 e. The lowest BCUT2D eigenvalue weighted by atomic mass is 10.2. The van der Waals surface area contributed by atoms with E-state index in [4.69, 9.17) is 5.73 Å². The van der Waals surface area contributed by atoms with E-state index in [9.17, 15) is 22.4 Å². The van der Waals surface area contributed by atoms with Crippen LogP contribution >= 0.6 is 0 Å². The number of nitrogens with zero attached hydrogens (tertiary/aromatic N) is 6. The van der Waals surface area contributed by atoms with Crippen LogP contribution < -0.4 is 21.3 Å². The number of aromatic nitrogens is 5. The van der Waals surface area contributed by atoms with Gasteiger partial charge in [-0.15, -0.1) is 5.10 Å². The number of hydrogen-bond acceptors (Lipinski definition) is 8. The number of hydrogen-bond donors (Lipinski definition) is 3. The van der Waals surface area contributed by atoms with Crippen molar-refractivity contribution in [2.24, 2.45) is 0 Å². The molecule has 2 aromatic rings. The minimum atomic E-state index is -4.54. The second-order valence-electron chi connectivity index (χ2n) is 6.66. The summed E-state index contributed by atoms with van der Waals surface area (Å²) < 4.78 is 52.8. The molecule has 0 radical (unpaired) electrons. The van der Waals surface area contributed by atoms with E-state index in [1.807, 2.05) is 12.2 Å². The highest BCUT2D eigenvalue weighted by atomic mass is 19.4. The molecule has 3 heterocycles. The number of nitrogens with one attached hydrogen (secondary N) is 2. The molecule has 1 aliphatic heterocycles. The van der Waals surface area contributed by atoms with E-state index < -0.39 is 30.5 Å². The van der Waals surface area contributed by atoms with Crippen LogP contribution in [0, 0.1) is 5.82 Å². The lowest BCUT2D eigenvalue weighted by Gasteiger charge is -2.25. The average Bonchev–Trinajstić information content (AvgIpc) is 3.31. The SMILES string of the molecule is CCCNc1nc(N)n(-c2ncc(F)c(N3CCC[C@@H]3C(=O)NCC(F)(F)F)n2)n1. The van der Waals surface area contributed by atoms with Gasteiger partial charge < -0.3 is 21.3 Å². The highest BCUT2D eigenvalue weighted by molar-refractivity contribution is 5.85. The molecule has 0 bridgehead atoms. The van der Waals surface area contributed by atoms with Gasteiger partial charge in [0.05, 0.1) is 6.20 Å². The first-order valence-corrected chi connectivity index (χ1v) is 9.30. The van der Waals surface area contributed by atoms with Gasteiger partial charge in [0.25, 0.3) is 5.95 Å². The lowest BCUT2D eigenvalue weighted by Crippen LogP contribution is -2.46. The zero-order valence-corrected chi connectivity index (χ0v) is 16.1. The second-order valence-corrected chi connectivity index (χ2v) is 6.66. The largest absolute Gasteiger partial charge is 0.405 e. The quantitative estimate of drug-likeness (QED) is 0.559. The number of nitrogens with two attached hydrogens (primary N) is 1. The van der Waals surface area contributed by atoms with Gasteiger partial charge >= 0.3 is 6.18 Å². The molecule has 0 spiro atoms. The summed E-state index contributed by atoms with van der Waals surface area (Å²) in [5, 5.41) is 8.91. The van der Waals surface area contributed by atoms with Crippen LogP contribution in [0.1, 0.15) is 26.2 Å². The van der Waals surface area contributed by atoms with Gasteiger partial charge in [-0.1, -0.05) is 6.92 Å². The monoisotopic (exact) mass is 431 g/mol. The molecule has 164 valence electrons. The van der Waals surface area contributed by atoms with Gasteiger partial charge in [-0.05, 0) is 19.3 Å². The molecule has 0 aromatic carbocycles. The van der Waals surface area contributed by atoms with Crippen molar-refractivity contribution in [1.29, 1.82) is 0 Å². The summed E-state index contributed by atoms with van der Waals surface area (Å²) in [6, 6.07) is -0.987. The summed E-state index contributed by atoms with van der Waals surface area (Å²) >= 11 is 0. The fraction of sp³-hybridized carbons (Fsp3) is 0.562. The van der Waals surface area contributed by atoms with Crippen molar-refractivity contribution < 1.29 is 22.4 Å². The highest BCUT2D eigenvalue weighted by Crippen LogP contribution is 2.27. The summed E-state index contributed by atoms with van der Waals surface area (Å²) in [4.78, 5) is 25.5. The Morgan fingerprint density at radius 3 is 2.83 bits per heavy atom. The number of halogens is 4. The number of amides is 1. The highest BCUT2D eigenvalue weighted by Gasteiger charge is 2.36. The molecule has 0 unspecified atom stereocenters. The summed E-state index contributed by atoms with van der Waals surface area (Å²) in [5.41, 5.74) is 5.83. The zero-order valence-electron chi connectivity index (χ0n) is 16.1. The number of anilines is 3. The number of nitrogen functional groups attached to an aromatic ring is 1. The van der Waals surface area contributed by atoms with Crippen molar-refractivity contribution in [2.75, 3.05) is 35.6 Å². The Kier molecular flexibility index (Phi) is 6.22. The maximum atomic E-state index is 14.5. The first kappa shape index (κ1) is 21.5. The van der Waals surface area contributed by atoms with Gasteiger partial charge in [0.2, 0.25) is 17.8 Å². The van der Waals surface area contributed by atoms with Crippen LogP contribution in [0.5, 0.6) is 0 Å². The Labute approximate surface area is 168 Å². The molecule has 1 aliphatic rings. The van der Waals surface area contributed by atoms with Crippen LogP contribution in [0.2, 0.25) is 0 Å². The summed E-state index contributed by atoms with van der Waals surface area (Å²) in [7, 11) is 0. The van der Waals surface area contributed by atoms with E-state index in [1.54, 1.807) is 0 Å². The van der Waals surface area contributed by atoms with Gasteiger partial charge in [-0.25, -0.2) is 9.37 Å². The van der Waals surface area contributed by atoms with Crippen LogP contribution in [0.3, 0.4) is 0 Å². The standard InChI is InChI=1S/C16H21F4N9O/c1-2-5-22-14-26-13(21)29(27-14)15-23-7-9(17)11(25-15)28-6-3-4-10(28)12(30)24-8-16(18,19)20/h7,10H,2-6,8H2,1H3,(H,24,30)(H3,21,22,26,27)/t10-/m1/s1. The Morgan fingerprint density at radius 1 is 1.37 bits per heavy atom. The van der Waals surface area contributed by atoms with E-state index >= 15 is 0 Å². The predicted octanol–water partition coefficient (Wildman–Crippen LogP) is 1.25. The topological polar surface area (TPSA) is 127 Å². The van der Waals surface area contributed by atoms with Gasteiger partial charge in [0, 0.05) is 13.1 Å². The van der Waals surface area contributed by atoms with E-state index in [0.717, 1.165) is 17.3 Å². The van der Waals surface area contributed by atoms with Gasteiger partial charge in [0.15, 0.2) is 11.6 Å². The molecule has 30 heavy (non-hydrogen) atoms. The van der Waals surface area contributed by atoms with Crippen LogP contribution in [-0.4, -0.2) is 62.5 Å². The molecular formula is C16H21F4N9O. The third kappa shape index (κ3) is 4.86. The Balaban J connectivity index is 1.84. The van der Waals surface area contributed by atoms with Gasteiger partial charge in [0.1, 0.15) is 12.6 Å². The molecule has 1 saturated heterocycles. The van der Waals surface area contributed by atoms with Crippen molar-refractivity contribution >= 4 is 23.6 Å². The Morgan fingerprint density at radius 2 is 2.13 bits per heavy atom. The van der Waals surface area contributed by atoms with Crippen molar-refractivity contribution in [3.63, 3.8) is 0 Å². The van der Waals surface area contributed by atoms with E-state index in [-0.39, 0.29) is 36.6 Å². The number of alkyl halides is 3. The molecule has 3 rings (SSSR count). The van der Waals surface area contributed by atoms with Crippen LogP contribution in [0.4, 0.5) is 35.3 Å². The van der Waals surface area contributed by atoms with Crippen LogP contribution in [-0.2, 0) is 4.79 Å². The van der Waals surface area contributed by atoms with E-state index in [2.05, 4.69) is 25.4 Å². The zero-order chi connectivity index (χ0) is 21.9. The molecule has 14 heteroatoms. The normalized spacial score (nSPS) is 16.7. The van der Waals surface area contributed by atoms with Gasteiger partial charge in [-0.2, -0.15) is 27.8 Å². The lowest BCUT2D eigenvalue weighted by molar-refractivity contribution is -0.139. The molecule has 1 amide bonds. The summed E-state index contributed by atoms with van der Waals surface area (Å²) in [5.74, 6) is -1.76. The average molecular weight is 431 g/mol. The van der Waals surface area contributed by atoms with Crippen molar-refractivity contribution in [3.8, 4) is 5.95 Å². The predicted molar refractivity (Wildman–Crippen MR) is 99.5 cm³/mol. The first-order chi connectivity index (χ1) is 14.2. The molecule has 4 N–H and O–H groups in total. The molecule has 2 aromatic heterocycles. The van der Waals surface area contributed by atoms with Gasteiger partial charge in [-0.3, -0.25) is 4.79 Å². The third-order valence-electron chi connectivity index (χ3n) is 4.36. The minimum absolute atomic E-state index is 0.0351. The molecule has 1 atom stereocenters. The van der Waals surface area contributed by atoms with Crippen LogP contribution in [0.25, 0.3) is 5.95 Å². The Hall–Kier alpha value is -3.19. The molecule has 1 fully saturated rings. The number of carbonyl (C=O) groups is 1. The van der Waals surface area contributed by atoms with Crippen molar-refractivity contribution in [3.05, 3.63) is 12.0 Å². The Bertz CT molecular complexity index is 901. The molecular weight excluding hydrogens is 410 g/mol. The fourth-order valence-electron chi connectivity index (χ4n) is 3.03. The summed E-state index contributed by atoms with van der Waals surface area (Å²) in [6.45, 7) is 1.35.